The summed E-state index contributed by atoms with van der Waals surface area (Å²) in [6.07, 6.45) is 4.83. The number of anilines is 1. The van der Waals surface area contributed by atoms with Gasteiger partial charge >= 0.3 is 0 Å². The number of fused-ring (bicyclic) bond motifs is 1. The van der Waals surface area contributed by atoms with E-state index >= 15 is 0 Å². The minimum Gasteiger partial charge on any atom is -0.399 e. The number of nitrogen functional groups attached to an aromatic ring is 1. The molecule has 1 fully saturated rings. The van der Waals surface area contributed by atoms with Gasteiger partial charge in [0, 0.05) is 31.9 Å². The van der Waals surface area contributed by atoms with Crippen molar-refractivity contribution >= 4 is 11.6 Å². The fourth-order valence-corrected chi connectivity index (χ4v) is 3.21. The quantitative estimate of drug-likeness (QED) is 0.838. The molecule has 0 aromatic heterocycles. The van der Waals surface area contributed by atoms with Gasteiger partial charge < -0.3 is 10.6 Å². The van der Waals surface area contributed by atoms with E-state index in [1.54, 1.807) is 0 Å². The maximum absolute atomic E-state index is 12.4. The SMILES string of the molecule is Nc1ccc2c(c1)CN(CC(=O)N1CCCCCC1)C2. The van der Waals surface area contributed by atoms with Crippen molar-refractivity contribution in [2.24, 2.45) is 0 Å². The Kier molecular flexibility index (Phi) is 3.92. The van der Waals surface area contributed by atoms with Gasteiger partial charge in [-0.1, -0.05) is 18.9 Å². The van der Waals surface area contributed by atoms with Crippen molar-refractivity contribution in [1.29, 1.82) is 0 Å². The molecule has 1 aromatic rings. The molecule has 2 aliphatic heterocycles. The summed E-state index contributed by atoms with van der Waals surface area (Å²) in [4.78, 5) is 16.6. The number of amides is 1. The molecule has 0 spiro atoms. The molecule has 4 nitrogen and oxygen atoms in total. The largest absolute Gasteiger partial charge is 0.399 e. The van der Waals surface area contributed by atoms with E-state index in [-0.39, 0.29) is 5.91 Å². The van der Waals surface area contributed by atoms with Crippen LogP contribution in [0.3, 0.4) is 0 Å². The molecule has 20 heavy (non-hydrogen) atoms. The Morgan fingerprint density at radius 3 is 2.50 bits per heavy atom. The highest BCUT2D eigenvalue weighted by molar-refractivity contribution is 5.78. The average molecular weight is 273 g/mol. The molecule has 4 heteroatoms. The molecule has 0 aliphatic carbocycles. The Labute approximate surface area is 120 Å². The molecule has 0 atom stereocenters. The number of rotatable bonds is 2. The molecule has 2 heterocycles. The average Bonchev–Trinajstić information content (AvgIpc) is 2.64. The topological polar surface area (TPSA) is 49.6 Å². The Morgan fingerprint density at radius 1 is 1.05 bits per heavy atom. The number of carbonyl (C=O) groups is 1. The van der Waals surface area contributed by atoms with E-state index in [0.29, 0.717) is 6.54 Å². The van der Waals surface area contributed by atoms with Crippen molar-refractivity contribution in [3.63, 3.8) is 0 Å². The van der Waals surface area contributed by atoms with Gasteiger partial charge in [-0.3, -0.25) is 9.69 Å². The van der Waals surface area contributed by atoms with Crippen LogP contribution in [0.15, 0.2) is 18.2 Å². The summed E-state index contributed by atoms with van der Waals surface area (Å²) in [6, 6.07) is 6.06. The molecule has 3 rings (SSSR count). The first-order valence-electron chi connectivity index (χ1n) is 7.60. The van der Waals surface area contributed by atoms with Crippen LogP contribution in [-0.2, 0) is 17.9 Å². The van der Waals surface area contributed by atoms with Gasteiger partial charge in [-0.15, -0.1) is 0 Å². The van der Waals surface area contributed by atoms with Crippen LogP contribution in [0.4, 0.5) is 5.69 Å². The van der Waals surface area contributed by atoms with E-state index in [1.807, 2.05) is 17.0 Å². The lowest BCUT2D eigenvalue weighted by molar-refractivity contribution is -0.132. The van der Waals surface area contributed by atoms with E-state index in [1.165, 1.54) is 24.0 Å². The van der Waals surface area contributed by atoms with Crippen molar-refractivity contribution in [3.05, 3.63) is 29.3 Å². The minimum atomic E-state index is 0.285. The second-order valence-corrected chi connectivity index (χ2v) is 5.97. The second kappa shape index (κ2) is 5.83. The van der Waals surface area contributed by atoms with Crippen LogP contribution in [0, 0.1) is 0 Å². The van der Waals surface area contributed by atoms with Gasteiger partial charge in [0.15, 0.2) is 0 Å². The Morgan fingerprint density at radius 2 is 1.75 bits per heavy atom. The Bertz CT molecular complexity index is 492. The molecule has 0 bridgehead atoms. The summed E-state index contributed by atoms with van der Waals surface area (Å²) in [6.45, 7) is 4.13. The van der Waals surface area contributed by atoms with Gasteiger partial charge in [0.25, 0.3) is 0 Å². The van der Waals surface area contributed by atoms with E-state index in [0.717, 1.165) is 44.7 Å². The van der Waals surface area contributed by atoms with E-state index in [2.05, 4.69) is 11.0 Å². The monoisotopic (exact) mass is 273 g/mol. The lowest BCUT2D eigenvalue weighted by Gasteiger charge is -2.23. The number of carbonyl (C=O) groups excluding carboxylic acids is 1. The van der Waals surface area contributed by atoms with Crippen LogP contribution >= 0.6 is 0 Å². The predicted molar refractivity (Wildman–Crippen MR) is 80.0 cm³/mol. The van der Waals surface area contributed by atoms with Crippen LogP contribution in [0.2, 0.25) is 0 Å². The minimum absolute atomic E-state index is 0.285. The Hall–Kier alpha value is -1.55. The molecule has 1 amide bonds. The summed E-state index contributed by atoms with van der Waals surface area (Å²) in [5.41, 5.74) is 9.21. The van der Waals surface area contributed by atoms with Gasteiger partial charge in [0.1, 0.15) is 0 Å². The van der Waals surface area contributed by atoms with Crippen molar-refractivity contribution in [1.82, 2.24) is 9.80 Å². The third kappa shape index (κ3) is 2.96. The van der Waals surface area contributed by atoms with Crippen LogP contribution < -0.4 is 5.73 Å². The van der Waals surface area contributed by atoms with Gasteiger partial charge in [0.05, 0.1) is 6.54 Å². The molecule has 2 aliphatic rings. The van der Waals surface area contributed by atoms with Crippen LogP contribution in [-0.4, -0.2) is 35.3 Å². The first-order valence-corrected chi connectivity index (χ1v) is 7.60. The first kappa shape index (κ1) is 13.4. The highest BCUT2D eigenvalue weighted by Gasteiger charge is 2.23. The zero-order chi connectivity index (χ0) is 13.9. The molecule has 2 N–H and O–H groups in total. The van der Waals surface area contributed by atoms with Crippen LogP contribution in [0.1, 0.15) is 36.8 Å². The Balaban J connectivity index is 1.58. The molecular formula is C16H23N3O. The summed E-state index contributed by atoms with van der Waals surface area (Å²) in [7, 11) is 0. The van der Waals surface area contributed by atoms with E-state index in [4.69, 9.17) is 5.73 Å². The fourth-order valence-electron chi connectivity index (χ4n) is 3.21. The summed E-state index contributed by atoms with van der Waals surface area (Å²) in [5.74, 6) is 0.285. The van der Waals surface area contributed by atoms with Crippen molar-refractivity contribution < 1.29 is 4.79 Å². The number of hydrogen-bond donors (Lipinski definition) is 1. The summed E-state index contributed by atoms with van der Waals surface area (Å²) < 4.78 is 0. The van der Waals surface area contributed by atoms with E-state index < -0.39 is 0 Å². The second-order valence-electron chi connectivity index (χ2n) is 5.97. The summed E-state index contributed by atoms with van der Waals surface area (Å²) >= 11 is 0. The van der Waals surface area contributed by atoms with Crippen LogP contribution in [0.5, 0.6) is 0 Å². The van der Waals surface area contributed by atoms with Crippen LogP contribution in [0.25, 0.3) is 0 Å². The lowest BCUT2D eigenvalue weighted by atomic mass is 10.1. The smallest absolute Gasteiger partial charge is 0.236 e. The molecule has 108 valence electrons. The number of likely N-dealkylation sites (tertiary alicyclic amines) is 1. The third-order valence-corrected chi connectivity index (χ3v) is 4.34. The summed E-state index contributed by atoms with van der Waals surface area (Å²) in [5, 5.41) is 0. The molecule has 0 saturated carbocycles. The fraction of sp³-hybridized carbons (Fsp3) is 0.562. The van der Waals surface area contributed by atoms with Crippen molar-refractivity contribution in [3.8, 4) is 0 Å². The lowest BCUT2D eigenvalue weighted by Crippen LogP contribution is -2.39. The molecular weight excluding hydrogens is 250 g/mol. The number of hydrogen-bond acceptors (Lipinski definition) is 3. The van der Waals surface area contributed by atoms with Gasteiger partial charge in [0.2, 0.25) is 5.91 Å². The molecule has 0 unspecified atom stereocenters. The third-order valence-electron chi connectivity index (χ3n) is 4.34. The highest BCUT2D eigenvalue weighted by Crippen LogP contribution is 2.24. The molecule has 0 radical (unpaired) electrons. The number of nitrogens with two attached hydrogens (primary N) is 1. The normalized spacial score (nSPS) is 19.7. The van der Waals surface area contributed by atoms with E-state index in [9.17, 15) is 4.79 Å². The van der Waals surface area contributed by atoms with Crippen molar-refractivity contribution in [2.75, 3.05) is 25.4 Å². The maximum Gasteiger partial charge on any atom is 0.236 e. The van der Waals surface area contributed by atoms with Crippen molar-refractivity contribution in [2.45, 2.75) is 38.8 Å². The zero-order valence-corrected chi connectivity index (χ0v) is 12.0. The maximum atomic E-state index is 12.4. The molecule has 1 aromatic carbocycles. The number of nitrogens with zero attached hydrogens (tertiary/aromatic N) is 2. The standard InChI is InChI=1S/C16H23N3O/c17-15-6-5-13-10-18(11-14(13)9-15)12-16(20)19-7-3-1-2-4-8-19/h5-6,9H,1-4,7-8,10-12,17H2. The number of benzene rings is 1. The van der Waals surface area contributed by atoms with Gasteiger partial charge in [-0.2, -0.15) is 0 Å². The zero-order valence-electron chi connectivity index (χ0n) is 12.0. The predicted octanol–water partition coefficient (Wildman–Crippen LogP) is 1.99. The highest BCUT2D eigenvalue weighted by atomic mass is 16.2. The first-order chi connectivity index (χ1) is 9.72. The van der Waals surface area contributed by atoms with Gasteiger partial charge in [-0.05, 0) is 36.1 Å². The van der Waals surface area contributed by atoms with Gasteiger partial charge in [-0.25, -0.2) is 0 Å². The molecule has 1 saturated heterocycles.